The highest BCUT2D eigenvalue weighted by atomic mass is 32.2. The summed E-state index contributed by atoms with van der Waals surface area (Å²) >= 11 is 0.903. The van der Waals surface area contributed by atoms with Crippen molar-refractivity contribution < 1.29 is 23.2 Å². The van der Waals surface area contributed by atoms with Crippen LogP contribution in [0.25, 0.3) is 11.3 Å². The van der Waals surface area contributed by atoms with Gasteiger partial charge in [-0.15, -0.1) is 11.3 Å². The smallest absolute Gasteiger partial charge is 0.261 e. The lowest BCUT2D eigenvalue weighted by Crippen LogP contribution is -2.40. The molecule has 0 radical (unpaired) electrons. The predicted molar refractivity (Wildman–Crippen MR) is 135 cm³/mol. The first-order valence-corrected chi connectivity index (χ1v) is 13.0. The molecular formula is C22H25N7O5S2. The first-order chi connectivity index (χ1) is 17.1. The number of hydroxylamine groups is 1. The van der Waals surface area contributed by atoms with Gasteiger partial charge in [-0.05, 0) is 49.4 Å². The average Bonchev–Trinajstić information content (AvgIpc) is 3.30. The van der Waals surface area contributed by atoms with E-state index in [0.29, 0.717) is 23.5 Å². The number of hydrogen-bond acceptors (Lipinski definition) is 10. The van der Waals surface area contributed by atoms with E-state index in [0.717, 1.165) is 11.3 Å². The number of sulfonamides is 1. The van der Waals surface area contributed by atoms with E-state index >= 15 is 0 Å². The minimum atomic E-state index is -4.11. The van der Waals surface area contributed by atoms with E-state index in [1.165, 1.54) is 23.6 Å². The van der Waals surface area contributed by atoms with E-state index < -0.39 is 27.6 Å². The maximum Gasteiger partial charge on any atom is 0.261 e. The number of carbonyl (C=O) groups is 2. The van der Waals surface area contributed by atoms with E-state index in [-0.39, 0.29) is 34.4 Å². The topological polar surface area (TPSA) is 200 Å². The third-order valence-electron chi connectivity index (χ3n) is 5.01. The molecule has 1 atom stereocenters. The fraction of sp³-hybridized carbons (Fsp3) is 0.227. The predicted octanol–water partition coefficient (Wildman–Crippen LogP) is 1.68. The normalized spacial score (nSPS) is 12.1. The lowest BCUT2D eigenvalue weighted by molar-refractivity contribution is -0.119. The lowest BCUT2D eigenvalue weighted by Gasteiger charge is -2.14. The Kier molecular flexibility index (Phi) is 8.82. The molecule has 14 heteroatoms. The zero-order valence-electron chi connectivity index (χ0n) is 19.2. The number of ketones is 2. The Hall–Kier alpha value is -3.72. The monoisotopic (exact) mass is 531 g/mol. The van der Waals surface area contributed by atoms with Gasteiger partial charge in [-0.1, -0.05) is 12.1 Å². The highest BCUT2D eigenvalue weighted by molar-refractivity contribution is 7.92. The number of anilines is 1. The number of aryl methyl sites for hydroxylation is 1. The van der Waals surface area contributed by atoms with Crippen molar-refractivity contribution in [2.75, 3.05) is 11.3 Å². The van der Waals surface area contributed by atoms with Crippen LogP contribution in [0.2, 0.25) is 0 Å². The highest BCUT2D eigenvalue weighted by Crippen LogP contribution is 2.28. The van der Waals surface area contributed by atoms with Crippen molar-refractivity contribution in [2.45, 2.75) is 30.7 Å². The lowest BCUT2D eigenvalue weighted by atomic mass is 10.0. The van der Waals surface area contributed by atoms with Gasteiger partial charge in [0.05, 0.1) is 22.3 Å². The van der Waals surface area contributed by atoms with Gasteiger partial charge in [0.25, 0.3) is 10.0 Å². The van der Waals surface area contributed by atoms with Crippen molar-refractivity contribution in [3.05, 3.63) is 58.7 Å². The Balaban J connectivity index is 1.77. The molecule has 0 saturated heterocycles. The van der Waals surface area contributed by atoms with Crippen LogP contribution in [-0.2, 0) is 14.8 Å². The number of nitrogens with one attached hydrogen (secondary N) is 4. The molecule has 3 rings (SSSR count). The molecule has 0 amide bonds. The summed E-state index contributed by atoms with van der Waals surface area (Å²) in [6, 6.07) is 7.98. The molecule has 0 saturated carbocycles. The van der Waals surface area contributed by atoms with Crippen LogP contribution in [0.3, 0.4) is 0 Å². The fourth-order valence-electron chi connectivity index (χ4n) is 3.26. The third kappa shape index (κ3) is 6.69. The van der Waals surface area contributed by atoms with Gasteiger partial charge >= 0.3 is 0 Å². The van der Waals surface area contributed by atoms with E-state index in [1.54, 1.807) is 31.3 Å². The number of nitrogens with zero attached hydrogens (tertiary/aromatic N) is 2. The van der Waals surface area contributed by atoms with E-state index in [1.807, 2.05) is 5.48 Å². The van der Waals surface area contributed by atoms with Crippen molar-refractivity contribution in [2.24, 2.45) is 5.73 Å². The van der Waals surface area contributed by atoms with Crippen LogP contribution in [-0.4, -0.2) is 53.7 Å². The molecule has 0 fully saturated rings. The first kappa shape index (κ1) is 26.9. The number of hydrogen-bond donors (Lipinski definition) is 6. The number of thiophene rings is 1. The number of benzene rings is 1. The van der Waals surface area contributed by atoms with E-state index in [2.05, 4.69) is 20.0 Å². The summed E-state index contributed by atoms with van der Waals surface area (Å²) in [6.07, 6.45) is 2.00. The van der Waals surface area contributed by atoms with Crippen LogP contribution < -0.4 is 21.3 Å². The summed E-state index contributed by atoms with van der Waals surface area (Å²) in [5, 5.41) is 20.5. The van der Waals surface area contributed by atoms with Gasteiger partial charge in [-0.3, -0.25) is 19.7 Å². The number of guanidine groups is 1. The zero-order valence-corrected chi connectivity index (χ0v) is 20.8. The summed E-state index contributed by atoms with van der Waals surface area (Å²) in [5.74, 6) is -1.57. The molecule has 0 aliphatic rings. The molecule has 1 aromatic carbocycles. The maximum absolute atomic E-state index is 13.1. The molecule has 3 aromatic rings. The summed E-state index contributed by atoms with van der Waals surface area (Å²) in [4.78, 5) is 33.7. The van der Waals surface area contributed by atoms with Gasteiger partial charge in [0, 0.05) is 18.3 Å². The van der Waals surface area contributed by atoms with E-state index in [9.17, 15) is 23.2 Å². The Morgan fingerprint density at radius 1 is 1.25 bits per heavy atom. The summed E-state index contributed by atoms with van der Waals surface area (Å²) in [6.45, 7) is 1.99. The highest BCUT2D eigenvalue weighted by Gasteiger charge is 2.29. The molecule has 0 aliphatic heterocycles. The molecule has 2 aromatic heterocycles. The second kappa shape index (κ2) is 11.8. The van der Waals surface area contributed by atoms with Crippen molar-refractivity contribution >= 4 is 44.6 Å². The summed E-state index contributed by atoms with van der Waals surface area (Å²) < 4.78 is 28.6. The van der Waals surface area contributed by atoms with Gasteiger partial charge in [0.15, 0.2) is 5.96 Å². The molecule has 36 heavy (non-hydrogen) atoms. The third-order valence-corrected chi connectivity index (χ3v) is 7.29. The zero-order chi connectivity index (χ0) is 26.3. The molecule has 190 valence electrons. The van der Waals surface area contributed by atoms with Gasteiger partial charge < -0.3 is 16.3 Å². The Labute approximate surface area is 211 Å². The Morgan fingerprint density at radius 3 is 2.72 bits per heavy atom. The van der Waals surface area contributed by atoms with Crippen LogP contribution >= 0.6 is 11.3 Å². The quantitative estimate of drug-likeness (QED) is 0.0499. The maximum atomic E-state index is 13.1. The number of rotatable bonds is 12. The molecule has 0 unspecified atom stereocenters. The van der Waals surface area contributed by atoms with Crippen LogP contribution in [0.15, 0.2) is 52.9 Å². The Bertz CT molecular complexity index is 1370. The average molecular weight is 532 g/mol. The summed E-state index contributed by atoms with van der Waals surface area (Å²) in [5.41, 5.74) is 8.09. The SMILES string of the molecule is Cc1nccc(-c2cccc(S(=O)(=O)Nc3ccsc3C(=O)C(=O)[C@H](CCCNC(=N)N)NO)c2)n1. The van der Waals surface area contributed by atoms with Crippen molar-refractivity contribution in [3.8, 4) is 11.3 Å². The minimum absolute atomic E-state index is 0.0448. The van der Waals surface area contributed by atoms with Crippen molar-refractivity contribution in [3.63, 3.8) is 0 Å². The molecule has 0 spiro atoms. The Morgan fingerprint density at radius 2 is 2.03 bits per heavy atom. The second-order valence-electron chi connectivity index (χ2n) is 7.64. The first-order valence-electron chi connectivity index (χ1n) is 10.7. The fourth-order valence-corrected chi connectivity index (χ4v) is 5.24. The van der Waals surface area contributed by atoms with Crippen LogP contribution in [0, 0.1) is 12.3 Å². The number of aromatic nitrogens is 2. The molecule has 0 aliphatic carbocycles. The number of nitrogens with two attached hydrogens (primary N) is 1. The van der Waals surface area contributed by atoms with Gasteiger partial charge in [-0.25, -0.2) is 18.4 Å². The molecule has 7 N–H and O–H groups in total. The minimum Gasteiger partial charge on any atom is -0.370 e. The van der Waals surface area contributed by atoms with Crippen molar-refractivity contribution in [1.82, 2.24) is 20.8 Å². The number of carbonyl (C=O) groups excluding carboxylic acids is 2. The molecular weight excluding hydrogens is 506 g/mol. The second-order valence-corrected chi connectivity index (χ2v) is 10.2. The van der Waals surface area contributed by atoms with Gasteiger partial charge in [0.2, 0.25) is 11.6 Å². The van der Waals surface area contributed by atoms with E-state index in [4.69, 9.17) is 11.1 Å². The van der Waals surface area contributed by atoms with Crippen LogP contribution in [0.5, 0.6) is 0 Å². The standard InChI is InChI=1S/C22H25N7O5S2/c1-13-25-10-7-16(27-13)14-4-2-5-15(12-14)36(33,34)29-18-8-11-35-21(18)20(31)19(30)17(28-32)6-3-9-26-22(23)24/h2,4-5,7-8,10-12,17,28-29,32H,3,6,9H2,1H3,(H4,23,24,26)/t17-/m0/s1. The largest absolute Gasteiger partial charge is 0.370 e. The van der Waals surface area contributed by atoms with Crippen LogP contribution in [0.4, 0.5) is 5.69 Å². The van der Waals surface area contributed by atoms with Crippen LogP contribution in [0.1, 0.15) is 28.3 Å². The number of Topliss-reactive ketones (excluding diaryl/α,β-unsaturated/α-hetero) is 2. The summed E-state index contributed by atoms with van der Waals surface area (Å²) in [7, 11) is -4.11. The van der Waals surface area contributed by atoms with Crippen molar-refractivity contribution in [1.29, 1.82) is 5.41 Å². The molecule has 12 nitrogen and oxygen atoms in total. The molecule has 2 heterocycles. The van der Waals surface area contributed by atoms with Gasteiger partial charge in [-0.2, -0.15) is 5.48 Å². The molecule has 0 bridgehead atoms. The van der Waals surface area contributed by atoms with Gasteiger partial charge in [0.1, 0.15) is 10.7 Å².